The monoisotopic (exact) mass is 558 g/mol. The third-order valence-corrected chi connectivity index (χ3v) is 6.03. The van der Waals surface area contributed by atoms with Crippen molar-refractivity contribution in [2.24, 2.45) is 11.8 Å². The third kappa shape index (κ3) is 9.30. The number of rotatable bonds is 10. The van der Waals surface area contributed by atoms with E-state index in [0.29, 0.717) is 0 Å². The molecule has 0 bridgehead atoms. The molecule has 0 aromatic carbocycles. The molecule has 2 aliphatic heterocycles. The van der Waals surface area contributed by atoms with Gasteiger partial charge in [-0.25, -0.2) is 0 Å². The fraction of sp³-hybridized carbons (Fsp3) is 0.720. The van der Waals surface area contributed by atoms with E-state index in [2.05, 4.69) is 0 Å². The normalized spacial score (nSPS) is 30.3. The molecule has 14 heteroatoms. The molecule has 0 radical (unpaired) electrons. The average molecular weight is 559 g/mol. The van der Waals surface area contributed by atoms with Crippen LogP contribution in [-0.4, -0.2) is 91.4 Å². The molecule has 0 aromatic rings. The number of carbonyl (C=O) groups is 7. The van der Waals surface area contributed by atoms with Gasteiger partial charge in [-0.3, -0.25) is 28.8 Å². The Morgan fingerprint density at radius 2 is 1.18 bits per heavy atom. The summed E-state index contributed by atoms with van der Waals surface area (Å²) in [4.78, 5) is 84.1. The average Bonchev–Trinajstić information content (AvgIpc) is 2.78. The molecule has 0 amide bonds. The van der Waals surface area contributed by atoms with Crippen LogP contribution >= 0.6 is 0 Å². The van der Waals surface area contributed by atoms with Gasteiger partial charge >= 0.3 is 35.8 Å². The number of hydrogen-bond acceptors (Lipinski definition) is 14. The molecule has 14 nitrogen and oxygen atoms in total. The molecule has 0 aromatic heterocycles. The van der Waals surface area contributed by atoms with Gasteiger partial charge in [0.25, 0.3) is 0 Å². The minimum Gasteiger partial charge on any atom is -0.465 e. The molecule has 2 heterocycles. The van der Waals surface area contributed by atoms with E-state index in [-0.39, 0.29) is 25.2 Å². The van der Waals surface area contributed by atoms with Crippen molar-refractivity contribution in [3.8, 4) is 0 Å². The Morgan fingerprint density at radius 3 is 1.67 bits per heavy atom. The molecule has 0 saturated carbocycles. The number of esters is 6. The smallest absolute Gasteiger partial charge is 0.312 e. The number of ketones is 1. The lowest BCUT2D eigenvalue weighted by Crippen LogP contribution is -2.63. The van der Waals surface area contributed by atoms with Gasteiger partial charge < -0.3 is 38.0 Å². The van der Waals surface area contributed by atoms with Gasteiger partial charge in [0.2, 0.25) is 0 Å². The number of hydrogen-bond donors (Lipinski definition) is 0. The lowest BCUT2D eigenvalue weighted by Gasteiger charge is -2.46. The van der Waals surface area contributed by atoms with Crippen LogP contribution in [0.4, 0.5) is 0 Å². The quantitative estimate of drug-likeness (QED) is 0.262. The van der Waals surface area contributed by atoms with Crippen LogP contribution in [0, 0.1) is 11.8 Å². The second-order valence-electron chi connectivity index (χ2n) is 9.45. The second-order valence-corrected chi connectivity index (χ2v) is 9.45. The second kappa shape index (κ2) is 14.0. The highest BCUT2D eigenvalue weighted by atomic mass is 16.7. The predicted molar refractivity (Wildman–Crippen MR) is 125 cm³/mol. The number of Topliss-reactive ketones (excluding diaryl/α,β-unsaturated/α-hetero) is 1. The Kier molecular flexibility index (Phi) is 11.4. The summed E-state index contributed by atoms with van der Waals surface area (Å²) in [6.45, 7) is 6.30. The highest BCUT2D eigenvalue weighted by molar-refractivity contribution is 5.78. The molecule has 39 heavy (non-hydrogen) atoms. The van der Waals surface area contributed by atoms with Crippen molar-refractivity contribution in [3.05, 3.63) is 0 Å². The Labute approximate surface area is 224 Å². The maximum Gasteiger partial charge on any atom is 0.312 e. The van der Waals surface area contributed by atoms with Gasteiger partial charge in [-0.1, -0.05) is 0 Å². The summed E-state index contributed by atoms with van der Waals surface area (Å²) in [5, 5.41) is 0. The summed E-state index contributed by atoms with van der Waals surface area (Å²) in [7, 11) is 0. The topological polar surface area (TPSA) is 184 Å². The Morgan fingerprint density at radius 1 is 0.692 bits per heavy atom. The van der Waals surface area contributed by atoms with Crippen LogP contribution in [-0.2, 0) is 66.7 Å². The van der Waals surface area contributed by atoms with Crippen molar-refractivity contribution < 1.29 is 66.7 Å². The number of ether oxygens (including phenoxy) is 7. The molecule has 2 fully saturated rings. The molecule has 218 valence electrons. The lowest BCUT2D eigenvalue weighted by molar-refractivity contribution is -0.257. The maximum atomic E-state index is 12.9. The highest BCUT2D eigenvalue weighted by Gasteiger charge is 2.54. The van der Waals surface area contributed by atoms with Gasteiger partial charge in [0.15, 0.2) is 18.3 Å². The van der Waals surface area contributed by atoms with E-state index in [1.165, 1.54) is 6.92 Å². The Balaban J connectivity index is 2.53. The van der Waals surface area contributed by atoms with Gasteiger partial charge in [0, 0.05) is 47.0 Å². The van der Waals surface area contributed by atoms with Crippen molar-refractivity contribution >= 4 is 41.6 Å². The van der Waals surface area contributed by atoms with E-state index in [9.17, 15) is 33.6 Å². The van der Waals surface area contributed by atoms with Crippen molar-refractivity contribution in [1.82, 2.24) is 0 Å². The molecule has 2 aliphatic rings. The fourth-order valence-corrected chi connectivity index (χ4v) is 4.76. The Bertz CT molecular complexity index is 974. The minimum absolute atomic E-state index is 0.0414. The van der Waals surface area contributed by atoms with E-state index < -0.39 is 90.9 Å². The number of cyclic esters (lactones) is 1. The van der Waals surface area contributed by atoms with Crippen LogP contribution in [0.3, 0.4) is 0 Å². The van der Waals surface area contributed by atoms with Crippen molar-refractivity contribution in [1.29, 1.82) is 0 Å². The first-order valence-electron chi connectivity index (χ1n) is 12.3. The fourth-order valence-electron chi connectivity index (χ4n) is 4.76. The van der Waals surface area contributed by atoms with Crippen LogP contribution in [0.2, 0.25) is 0 Å². The van der Waals surface area contributed by atoms with Gasteiger partial charge in [-0.2, -0.15) is 0 Å². The maximum absolute atomic E-state index is 12.9. The van der Waals surface area contributed by atoms with Gasteiger partial charge in [0.05, 0.1) is 12.5 Å². The predicted octanol–water partition coefficient (Wildman–Crippen LogP) is 0.202. The van der Waals surface area contributed by atoms with E-state index in [4.69, 9.17) is 33.2 Å². The van der Waals surface area contributed by atoms with Crippen LogP contribution in [0.15, 0.2) is 0 Å². The van der Waals surface area contributed by atoms with Crippen molar-refractivity contribution in [2.45, 2.75) is 91.0 Å². The van der Waals surface area contributed by atoms with Crippen molar-refractivity contribution in [2.75, 3.05) is 13.2 Å². The molecular weight excluding hydrogens is 524 g/mol. The molecule has 0 unspecified atom stereocenters. The largest absolute Gasteiger partial charge is 0.465 e. The van der Waals surface area contributed by atoms with Crippen LogP contribution in [0.1, 0.15) is 54.4 Å². The van der Waals surface area contributed by atoms with E-state index in [1.54, 1.807) is 0 Å². The highest BCUT2D eigenvalue weighted by Crippen LogP contribution is 2.37. The molecule has 0 aliphatic carbocycles. The van der Waals surface area contributed by atoms with Crippen LogP contribution in [0.25, 0.3) is 0 Å². The zero-order valence-corrected chi connectivity index (χ0v) is 22.7. The summed E-state index contributed by atoms with van der Waals surface area (Å²) in [5.74, 6) is -6.58. The van der Waals surface area contributed by atoms with Crippen LogP contribution < -0.4 is 0 Å². The first kappa shape index (κ1) is 31.7. The lowest BCUT2D eigenvalue weighted by atomic mass is 9.80. The molecule has 2 rings (SSSR count). The summed E-state index contributed by atoms with van der Waals surface area (Å²) < 4.78 is 38.0. The van der Waals surface area contributed by atoms with Gasteiger partial charge in [-0.05, 0) is 13.3 Å². The third-order valence-electron chi connectivity index (χ3n) is 6.03. The summed E-state index contributed by atoms with van der Waals surface area (Å²) in [6, 6.07) is 0. The number of carbonyl (C=O) groups excluding carboxylic acids is 7. The molecule has 0 N–H and O–H groups in total. The van der Waals surface area contributed by atoms with E-state index in [1.807, 2.05) is 0 Å². The summed E-state index contributed by atoms with van der Waals surface area (Å²) in [5.41, 5.74) is 0. The summed E-state index contributed by atoms with van der Waals surface area (Å²) in [6.07, 6.45) is -8.03. The molecule has 8 atom stereocenters. The Hall–Kier alpha value is -3.55. The van der Waals surface area contributed by atoms with Crippen molar-refractivity contribution in [3.63, 3.8) is 0 Å². The van der Waals surface area contributed by atoms with Crippen LogP contribution in [0.5, 0.6) is 0 Å². The first-order chi connectivity index (χ1) is 18.2. The van der Waals surface area contributed by atoms with Gasteiger partial charge in [-0.15, -0.1) is 0 Å². The standard InChI is InChI=1S/C25H34O14/c1-11(26)7-17-9-34-25(32)18(21(17)35-13(3)28)8-19-22(36-14(4)29)24(38-16(6)31)23(37-15(5)30)20(39-19)10-33-12(2)27/h17-24H,7-10H2,1-6H3/t17-,18-,19-,20-,21-,22+,23-,24-/m1/s1. The molecular formula is C25H34O14. The summed E-state index contributed by atoms with van der Waals surface area (Å²) >= 11 is 0. The van der Waals surface area contributed by atoms with E-state index in [0.717, 1.165) is 34.6 Å². The van der Waals surface area contributed by atoms with Gasteiger partial charge in [0.1, 0.15) is 30.7 Å². The SMILES string of the molecule is CC(=O)C[C@@H]1COC(=O)[C@H](C[C@H]2O[C@H](COC(C)=O)[C@@H](OC(C)=O)[C@H](OC(C)=O)[C@H]2OC(C)=O)[C@@H]1OC(C)=O. The van der Waals surface area contributed by atoms with E-state index >= 15 is 0 Å². The minimum atomic E-state index is -1.42. The zero-order chi connectivity index (χ0) is 29.4. The first-order valence-corrected chi connectivity index (χ1v) is 12.3. The molecule has 0 spiro atoms. The zero-order valence-electron chi connectivity index (χ0n) is 22.7. The molecule has 2 saturated heterocycles.